The summed E-state index contributed by atoms with van der Waals surface area (Å²) in [5.41, 5.74) is 5.29. The van der Waals surface area contributed by atoms with Crippen molar-refractivity contribution in [2.24, 2.45) is 5.73 Å². The normalized spacial score (nSPS) is 13.9. The lowest BCUT2D eigenvalue weighted by Gasteiger charge is -2.18. The van der Waals surface area contributed by atoms with E-state index in [9.17, 15) is 4.79 Å². The predicted octanol–water partition coefficient (Wildman–Crippen LogP) is 0.946. The van der Waals surface area contributed by atoms with Crippen LogP contribution in [0.2, 0.25) is 0 Å². The van der Waals surface area contributed by atoms with Crippen LogP contribution in [0.1, 0.15) is 13.3 Å². The van der Waals surface area contributed by atoms with Crippen molar-refractivity contribution in [1.82, 2.24) is 20.2 Å². The molecule has 1 atom stereocenters. The average molecular weight is 293 g/mol. The maximum Gasteiger partial charge on any atom is 0.323 e. The molecule has 2 rings (SSSR count). The number of tetrazole rings is 1. The minimum Gasteiger partial charge on any atom is -0.480 e. The lowest BCUT2D eigenvalue weighted by atomic mass is 10.0. The third-order valence-electron chi connectivity index (χ3n) is 2.78. The van der Waals surface area contributed by atoms with E-state index in [2.05, 4.69) is 15.5 Å². The van der Waals surface area contributed by atoms with E-state index in [-0.39, 0.29) is 0 Å². The Morgan fingerprint density at radius 2 is 2.15 bits per heavy atom. The Labute approximate surface area is 120 Å². The Morgan fingerprint density at radius 3 is 2.80 bits per heavy atom. The van der Waals surface area contributed by atoms with Crippen molar-refractivity contribution in [3.8, 4) is 5.69 Å². The van der Waals surface area contributed by atoms with Gasteiger partial charge in [0.15, 0.2) is 0 Å². The molecule has 0 spiro atoms. The van der Waals surface area contributed by atoms with Crippen LogP contribution in [0.3, 0.4) is 0 Å². The largest absolute Gasteiger partial charge is 0.480 e. The Hall–Kier alpha value is -1.93. The molecule has 106 valence electrons. The molecule has 0 saturated carbocycles. The fourth-order valence-electron chi connectivity index (χ4n) is 1.46. The quantitative estimate of drug-likeness (QED) is 0.763. The van der Waals surface area contributed by atoms with Crippen LogP contribution in [-0.2, 0) is 4.79 Å². The zero-order valence-corrected chi connectivity index (χ0v) is 11.7. The first-order chi connectivity index (χ1) is 9.50. The number of hydrogen-bond donors (Lipinski definition) is 2. The maximum atomic E-state index is 10.9. The van der Waals surface area contributed by atoms with Gasteiger partial charge in [-0.25, -0.2) is 0 Å². The Morgan fingerprint density at radius 1 is 1.45 bits per heavy atom. The second-order valence-corrected chi connectivity index (χ2v) is 5.59. The van der Waals surface area contributed by atoms with Gasteiger partial charge in [0.25, 0.3) is 0 Å². The Balaban J connectivity index is 2.02. The number of aromatic nitrogens is 4. The molecule has 3 N–H and O–H groups in total. The van der Waals surface area contributed by atoms with E-state index < -0.39 is 11.5 Å². The second kappa shape index (κ2) is 6.02. The zero-order chi connectivity index (χ0) is 14.6. The molecular weight excluding hydrogens is 278 g/mol. The van der Waals surface area contributed by atoms with Crippen LogP contribution in [0.25, 0.3) is 5.69 Å². The second-order valence-electron chi connectivity index (χ2n) is 4.53. The van der Waals surface area contributed by atoms with Gasteiger partial charge < -0.3 is 10.8 Å². The SMILES string of the molecule is CC(N)(CCSc1nnnn1-c1ccccc1)C(=O)O. The van der Waals surface area contributed by atoms with E-state index >= 15 is 0 Å². The van der Waals surface area contributed by atoms with Crippen LogP contribution >= 0.6 is 11.8 Å². The lowest BCUT2D eigenvalue weighted by Crippen LogP contribution is -2.45. The molecule has 20 heavy (non-hydrogen) atoms. The highest BCUT2D eigenvalue weighted by Crippen LogP contribution is 2.21. The third kappa shape index (κ3) is 3.34. The molecule has 1 unspecified atom stereocenters. The first kappa shape index (κ1) is 14.5. The summed E-state index contributed by atoms with van der Waals surface area (Å²) in [4.78, 5) is 10.9. The number of carbonyl (C=O) groups is 1. The number of para-hydroxylation sites is 1. The number of thioether (sulfide) groups is 1. The summed E-state index contributed by atoms with van der Waals surface area (Å²) in [6, 6.07) is 9.49. The van der Waals surface area contributed by atoms with Crippen LogP contribution in [0.15, 0.2) is 35.5 Å². The summed E-state index contributed by atoms with van der Waals surface area (Å²) in [5, 5.41) is 21.1. The molecule has 0 saturated heterocycles. The van der Waals surface area contributed by atoms with E-state index in [1.54, 1.807) is 4.68 Å². The van der Waals surface area contributed by atoms with Crippen molar-refractivity contribution >= 4 is 17.7 Å². The fourth-order valence-corrected chi connectivity index (χ4v) is 2.53. The maximum absolute atomic E-state index is 10.9. The highest BCUT2D eigenvalue weighted by molar-refractivity contribution is 7.99. The molecule has 0 aliphatic heterocycles. The monoisotopic (exact) mass is 293 g/mol. The van der Waals surface area contributed by atoms with Gasteiger partial charge in [-0.1, -0.05) is 30.0 Å². The molecule has 0 aliphatic rings. The topological polar surface area (TPSA) is 107 Å². The molecule has 0 bridgehead atoms. The molecule has 0 radical (unpaired) electrons. The number of aliphatic carboxylic acids is 1. The molecule has 1 aromatic carbocycles. The molecule has 0 fully saturated rings. The summed E-state index contributed by atoms with van der Waals surface area (Å²) in [7, 11) is 0. The molecule has 7 nitrogen and oxygen atoms in total. The van der Waals surface area contributed by atoms with Gasteiger partial charge in [-0.2, -0.15) is 4.68 Å². The van der Waals surface area contributed by atoms with Gasteiger partial charge in [0.2, 0.25) is 5.16 Å². The van der Waals surface area contributed by atoms with Crippen molar-refractivity contribution in [1.29, 1.82) is 0 Å². The van der Waals surface area contributed by atoms with Crippen molar-refractivity contribution in [3.05, 3.63) is 30.3 Å². The van der Waals surface area contributed by atoms with Crippen LogP contribution in [0, 0.1) is 0 Å². The van der Waals surface area contributed by atoms with Crippen LogP contribution in [0.5, 0.6) is 0 Å². The zero-order valence-electron chi connectivity index (χ0n) is 10.9. The first-order valence-corrected chi connectivity index (χ1v) is 6.98. The standard InChI is InChI=1S/C12H15N5O2S/c1-12(13,10(18)19)7-8-20-11-14-15-16-17(11)9-5-3-2-4-6-9/h2-6H,7-8,13H2,1H3,(H,18,19). The number of carboxylic acid groups (broad SMARTS) is 1. The minimum atomic E-state index is -1.24. The van der Waals surface area contributed by atoms with Crippen molar-refractivity contribution in [3.63, 3.8) is 0 Å². The average Bonchev–Trinajstić information content (AvgIpc) is 2.88. The summed E-state index contributed by atoms with van der Waals surface area (Å²) in [6.45, 7) is 1.50. The molecule has 8 heteroatoms. The summed E-state index contributed by atoms with van der Waals surface area (Å²) in [5.74, 6) is -0.493. The third-order valence-corrected chi connectivity index (χ3v) is 3.70. The van der Waals surface area contributed by atoms with Gasteiger partial charge in [0.1, 0.15) is 5.54 Å². The van der Waals surface area contributed by atoms with Crippen LogP contribution in [0.4, 0.5) is 0 Å². The van der Waals surface area contributed by atoms with Gasteiger partial charge in [-0.05, 0) is 35.9 Å². The Kier molecular flexibility index (Phi) is 4.35. The van der Waals surface area contributed by atoms with Gasteiger partial charge in [-0.3, -0.25) is 4.79 Å². The number of hydrogen-bond acceptors (Lipinski definition) is 6. The van der Waals surface area contributed by atoms with Gasteiger partial charge >= 0.3 is 5.97 Å². The highest BCUT2D eigenvalue weighted by Gasteiger charge is 2.27. The molecule has 0 amide bonds. The number of carboxylic acids is 1. The summed E-state index contributed by atoms with van der Waals surface area (Å²) >= 11 is 1.38. The first-order valence-electron chi connectivity index (χ1n) is 5.99. The molecular formula is C12H15N5O2S. The molecule has 1 heterocycles. The molecule has 0 aliphatic carbocycles. The van der Waals surface area contributed by atoms with Gasteiger partial charge in [0, 0.05) is 5.75 Å². The summed E-state index contributed by atoms with van der Waals surface area (Å²) in [6.07, 6.45) is 0.328. The minimum absolute atomic E-state index is 0.328. The number of benzene rings is 1. The smallest absolute Gasteiger partial charge is 0.323 e. The van der Waals surface area contributed by atoms with Crippen molar-refractivity contribution in [2.45, 2.75) is 24.0 Å². The summed E-state index contributed by atoms with van der Waals surface area (Å²) < 4.78 is 1.61. The van der Waals surface area contributed by atoms with E-state index in [0.717, 1.165) is 5.69 Å². The molecule has 2 aromatic rings. The van der Waals surface area contributed by atoms with E-state index in [1.807, 2.05) is 30.3 Å². The van der Waals surface area contributed by atoms with E-state index in [0.29, 0.717) is 17.3 Å². The van der Waals surface area contributed by atoms with Crippen molar-refractivity contribution < 1.29 is 9.90 Å². The fraction of sp³-hybridized carbons (Fsp3) is 0.333. The van der Waals surface area contributed by atoms with Gasteiger partial charge in [-0.15, -0.1) is 5.10 Å². The van der Waals surface area contributed by atoms with Crippen molar-refractivity contribution in [2.75, 3.05) is 5.75 Å². The number of rotatable bonds is 6. The van der Waals surface area contributed by atoms with E-state index in [1.165, 1.54) is 18.7 Å². The van der Waals surface area contributed by atoms with E-state index in [4.69, 9.17) is 10.8 Å². The highest BCUT2D eigenvalue weighted by atomic mass is 32.2. The number of nitrogens with two attached hydrogens (primary N) is 1. The molecule has 1 aromatic heterocycles. The van der Waals surface area contributed by atoms with Gasteiger partial charge in [0.05, 0.1) is 5.69 Å². The van der Waals surface area contributed by atoms with Crippen LogP contribution < -0.4 is 5.73 Å². The predicted molar refractivity (Wildman–Crippen MR) is 74.7 cm³/mol. The van der Waals surface area contributed by atoms with Crippen LogP contribution in [-0.4, -0.2) is 42.6 Å². The lowest BCUT2D eigenvalue weighted by molar-refractivity contribution is -0.142. The Bertz CT molecular complexity index is 585. The number of nitrogens with zero attached hydrogens (tertiary/aromatic N) is 4.